The Bertz CT molecular complexity index is 1120. The second-order valence-electron chi connectivity index (χ2n) is 6.05. The van der Waals surface area contributed by atoms with Crippen molar-refractivity contribution in [2.75, 3.05) is 5.32 Å². The summed E-state index contributed by atoms with van der Waals surface area (Å²) >= 11 is 6.12. The third-order valence-corrected chi connectivity index (χ3v) is 4.54. The Morgan fingerprint density at radius 3 is 2.48 bits per heavy atom. The molecule has 0 unspecified atom stereocenters. The summed E-state index contributed by atoms with van der Waals surface area (Å²) in [4.78, 5) is 17.3. The van der Waals surface area contributed by atoms with E-state index >= 15 is 0 Å². The first-order valence-electron chi connectivity index (χ1n) is 8.37. The van der Waals surface area contributed by atoms with E-state index < -0.39 is 0 Å². The number of amides is 1. The van der Waals surface area contributed by atoms with Crippen molar-refractivity contribution >= 4 is 34.2 Å². The second kappa shape index (κ2) is 7.21. The zero-order valence-electron chi connectivity index (χ0n) is 14.2. The largest absolute Gasteiger partial charge is 0.323 e. The number of rotatable bonds is 4. The lowest BCUT2D eigenvalue weighted by Gasteiger charge is -2.11. The van der Waals surface area contributed by atoms with Gasteiger partial charge in [0.05, 0.1) is 21.7 Å². The lowest BCUT2D eigenvalue weighted by Crippen LogP contribution is -2.19. The van der Waals surface area contributed by atoms with E-state index in [4.69, 9.17) is 11.6 Å². The summed E-state index contributed by atoms with van der Waals surface area (Å²) in [7, 11) is 0. The quantitative estimate of drug-likeness (QED) is 0.534. The van der Waals surface area contributed by atoms with E-state index in [2.05, 4.69) is 10.3 Å². The number of hydrogen-bond donors (Lipinski definition) is 1. The molecule has 6 heteroatoms. The Morgan fingerprint density at radius 2 is 1.70 bits per heavy atom. The monoisotopic (exact) mass is 379 g/mol. The molecule has 0 aliphatic heterocycles. The SMILES string of the molecule is O=C(Cn1c(-c2ccc(F)cc2)nc2ccccc21)Nc1ccccc1Cl. The Kier molecular flexibility index (Phi) is 4.60. The fourth-order valence-corrected chi connectivity index (χ4v) is 3.13. The van der Waals surface area contributed by atoms with Crippen molar-refractivity contribution in [3.63, 3.8) is 0 Å². The summed E-state index contributed by atoms with van der Waals surface area (Å²) in [6, 6.07) is 20.7. The van der Waals surface area contributed by atoms with Crippen molar-refractivity contribution < 1.29 is 9.18 Å². The van der Waals surface area contributed by atoms with Crippen molar-refractivity contribution in [3.05, 3.63) is 83.6 Å². The number of halogens is 2. The Labute approximate surface area is 160 Å². The number of anilines is 1. The maximum absolute atomic E-state index is 13.3. The van der Waals surface area contributed by atoms with Crippen LogP contribution in [0.5, 0.6) is 0 Å². The van der Waals surface area contributed by atoms with E-state index in [1.807, 2.05) is 28.8 Å². The van der Waals surface area contributed by atoms with Crippen molar-refractivity contribution in [3.8, 4) is 11.4 Å². The normalized spacial score (nSPS) is 10.9. The summed E-state index contributed by atoms with van der Waals surface area (Å²) in [5, 5.41) is 3.29. The van der Waals surface area contributed by atoms with Gasteiger partial charge in [0.15, 0.2) is 0 Å². The molecule has 0 saturated heterocycles. The molecule has 0 aliphatic rings. The van der Waals surface area contributed by atoms with Crippen LogP contribution in [0, 0.1) is 5.82 Å². The van der Waals surface area contributed by atoms with Gasteiger partial charge < -0.3 is 9.88 Å². The van der Waals surface area contributed by atoms with E-state index in [1.54, 1.807) is 36.4 Å². The molecule has 1 N–H and O–H groups in total. The second-order valence-corrected chi connectivity index (χ2v) is 6.45. The zero-order valence-corrected chi connectivity index (χ0v) is 14.9. The van der Waals surface area contributed by atoms with Crippen LogP contribution in [0.15, 0.2) is 72.8 Å². The van der Waals surface area contributed by atoms with Crippen molar-refractivity contribution in [2.45, 2.75) is 6.54 Å². The minimum atomic E-state index is -0.321. The van der Waals surface area contributed by atoms with Crippen LogP contribution in [-0.4, -0.2) is 15.5 Å². The highest BCUT2D eigenvalue weighted by molar-refractivity contribution is 6.33. The van der Waals surface area contributed by atoms with Gasteiger partial charge in [-0.2, -0.15) is 0 Å². The van der Waals surface area contributed by atoms with Gasteiger partial charge in [0.1, 0.15) is 18.2 Å². The maximum atomic E-state index is 13.3. The predicted molar refractivity (Wildman–Crippen MR) is 105 cm³/mol. The first kappa shape index (κ1) is 17.2. The standard InChI is InChI=1S/C21H15ClFN3O/c22-16-5-1-2-6-17(16)24-20(27)13-26-19-8-4-3-7-18(19)25-21(26)14-9-11-15(23)12-10-14/h1-12H,13H2,(H,24,27). The van der Waals surface area contributed by atoms with E-state index in [0.29, 0.717) is 16.5 Å². The molecule has 0 atom stereocenters. The van der Waals surface area contributed by atoms with Crippen LogP contribution in [-0.2, 0) is 11.3 Å². The van der Waals surface area contributed by atoms with Gasteiger partial charge in [-0.3, -0.25) is 4.79 Å². The number of hydrogen-bond acceptors (Lipinski definition) is 2. The first-order valence-corrected chi connectivity index (χ1v) is 8.75. The van der Waals surface area contributed by atoms with Gasteiger partial charge >= 0.3 is 0 Å². The summed E-state index contributed by atoms with van der Waals surface area (Å²) in [6.45, 7) is 0.0540. The number of benzene rings is 3. The molecule has 4 aromatic rings. The molecular formula is C21H15ClFN3O. The van der Waals surface area contributed by atoms with Crippen LogP contribution in [0.2, 0.25) is 5.02 Å². The summed E-state index contributed by atoms with van der Waals surface area (Å²) in [6.07, 6.45) is 0. The van der Waals surface area contributed by atoms with Gasteiger partial charge in [-0.05, 0) is 48.5 Å². The molecule has 0 radical (unpaired) electrons. The fraction of sp³-hybridized carbons (Fsp3) is 0.0476. The number of aromatic nitrogens is 2. The zero-order chi connectivity index (χ0) is 18.8. The average Bonchev–Trinajstić information content (AvgIpc) is 3.03. The molecule has 0 aliphatic carbocycles. The van der Waals surface area contributed by atoms with E-state index in [-0.39, 0.29) is 18.3 Å². The molecule has 1 heterocycles. The van der Waals surface area contributed by atoms with Gasteiger partial charge in [0.25, 0.3) is 0 Å². The van der Waals surface area contributed by atoms with Gasteiger partial charge in [-0.15, -0.1) is 0 Å². The lowest BCUT2D eigenvalue weighted by molar-refractivity contribution is -0.116. The van der Waals surface area contributed by atoms with Crippen molar-refractivity contribution in [1.29, 1.82) is 0 Å². The molecule has 0 bridgehead atoms. The smallest absolute Gasteiger partial charge is 0.244 e. The maximum Gasteiger partial charge on any atom is 0.244 e. The molecular weight excluding hydrogens is 365 g/mol. The van der Waals surface area contributed by atoms with E-state index in [9.17, 15) is 9.18 Å². The highest BCUT2D eigenvalue weighted by Gasteiger charge is 2.16. The number of imidazole rings is 1. The van der Waals surface area contributed by atoms with Gasteiger partial charge in [-0.25, -0.2) is 9.37 Å². The predicted octanol–water partition coefficient (Wildman–Crippen LogP) is 5.13. The highest BCUT2D eigenvalue weighted by atomic mass is 35.5. The van der Waals surface area contributed by atoms with Crippen LogP contribution >= 0.6 is 11.6 Å². The lowest BCUT2D eigenvalue weighted by atomic mass is 10.2. The van der Waals surface area contributed by atoms with Crippen LogP contribution in [0.1, 0.15) is 0 Å². The van der Waals surface area contributed by atoms with Crippen molar-refractivity contribution in [2.24, 2.45) is 0 Å². The molecule has 0 fully saturated rings. The van der Waals surface area contributed by atoms with Crippen LogP contribution in [0.4, 0.5) is 10.1 Å². The number of nitrogens with one attached hydrogen (secondary N) is 1. The number of nitrogens with zero attached hydrogens (tertiary/aromatic N) is 2. The van der Waals surface area contributed by atoms with Crippen LogP contribution < -0.4 is 5.32 Å². The number of carbonyl (C=O) groups excluding carboxylic acids is 1. The van der Waals surface area contributed by atoms with Crippen molar-refractivity contribution in [1.82, 2.24) is 9.55 Å². The Balaban J connectivity index is 1.71. The molecule has 27 heavy (non-hydrogen) atoms. The Morgan fingerprint density at radius 1 is 1.00 bits per heavy atom. The molecule has 1 aromatic heterocycles. The van der Waals surface area contributed by atoms with E-state index in [1.165, 1.54) is 12.1 Å². The molecule has 1 amide bonds. The molecule has 4 rings (SSSR count). The third-order valence-electron chi connectivity index (χ3n) is 4.21. The minimum absolute atomic E-state index is 0.0540. The number of carbonyl (C=O) groups is 1. The Hall–Kier alpha value is -3.18. The molecule has 4 nitrogen and oxygen atoms in total. The molecule has 0 saturated carbocycles. The summed E-state index contributed by atoms with van der Waals surface area (Å²) in [5.74, 6) is 0.0537. The molecule has 0 spiro atoms. The van der Waals surface area contributed by atoms with Gasteiger partial charge in [0.2, 0.25) is 5.91 Å². The summed E-state index contributed by atoms with van der Waals surface area (Å²) < 4.78 is 15.1. The van der Waals surface area contributed by atoms with E-state index in [0.717, 1.165) is 16.6 Å². The van der Waals surface area contributed by atoms with Gasteiger partial charge in [-0.1, -0.05) is 35.9 Å². The molecule has 3 aromatic carbocycles. The van der Waals surface area contributed by atoms with Crippen LogP contribution in [0.3, 0.4) is 0 Å². The average molecular weight is 380 g/mol. The topological polar surface area (TPSA) is 46.9 Å². The van der Waals surface area contributed by atoms with Gasteiger partial charge in [0, 0.05) is 5.56 Å². The van der Waals surface area contributed by atoms with Crippen LogP contribution in [0.25, 0.3) is 22.4 Å². The summed E-state index contributed by atoms with van der Waals surface area (Å²) in [5.41, 5.74) is 2.88. The third kappa shape index (κ3) is 3.55. The fourth-order valence-electron chi connectivity index (χ4n) is 2.95. The highest BCUT2D eigenvalue weighted by Crippen LogP contribution is 2.26. The first-order chi connectivity index (χ1) is 13.1. The number of fused-ring (bicyclic) bond motifs is 1. The molecule has 134 valence electrons. The number of para-hydroxylation sites is 3. The minimum Gasteiger partial charge on any atom is -0.323 e.